The van der Waals surface area contributed by atoms with Crippen molar-refractivity contribution in [3.05, 3.63) is 83.4 Å². The van der Waals surface area contributed by atoms with Gasteiger partial charge >= 0.3 is 0 Å². The summed E-state index contributed by atoms with van der Waals surface area (Å²) in [6.07, 6.45) is 1.76. The highest BCUT2D eigenvalue weighted by Gasteiger charge is 2.12. The lowest BCUT2D eigenvalue weighted by Crippen LogP contribution is -2.20. The quantitative estimate of drug-likeness (QED) is 0.363. The summed E-state index contributed by atoms with van der Waals surface area (Å²) in [5.41, 5.74) is 5.54. The Balaban J connectivity index is 1.43. The zero-order valence-electron chi connectivity index (χ0n) is 18.3. The largest absolute Gasteiger partial charge is 0.483 e. The first kappa shape index (κ1) is 21.7. The van der Waals surface area contributed by atoms with E-state index in [0.717, 1.165) is 38.8 Å². The molecular formula is C26H25N3O2S. The lowest BCUT2D eigenvalue weighted by atomic mass is 10.0. The average Bonchev–Trinajstić information content (AvgIpc) is 3.29. The van der Waals surface area contributed by atoms with Crippen molar-refractivity contribution in [3.8, 4) is 27.7 Å². The van der Waals surface area contributed by atoms with Gasteiger partial charge in [-0.2, -0.15) is 0 Å². The molecule has 32 heavy (non-hydrogen) atoms. The Morgan fingerprint density at radius 1 is 1.06 bits per heavy atom. The topological polar surface area (TPSA) is 64.1 Å². The Bertz CT molecular complexity index is 1220. The van der Waals surface area contributed by atoms with Gasteiger partial charge in [-0.05, 0) is 54.3 Å². The highest BCUT2D eigenvalue weighted by atomic mass is 32.1. The molecule has 2 heterocycles. The molecule has 0 unspecified atom stereocenters. The molecule has 5 nitrogen and oxygen atoms in total. The van der Waals surface area contributed by atoms with E-state index in [1.165, 1.54) is 0 Å². The second kappa shape index (κ2) is 9.75. The Labute approximate surface area is 192 Å². The van der Waals surface area contributed by atoms with Crippen LogP contribution in [0.25, 0.3) is 22.0 Å². The van der Waals surface area contributed by atoms with Crippen LogP contribution >= 0.6 is 11.3 Å². The second-order valence-corrected chi connectivity index (χ2v) is 8.72. The van der Waals surface area contributed by atoms with E-state index in [2.05, 4.69) is 36.3 Å². The Morgan fingerprint density at radius 3 is 2.72 bits per heavy atom. The highest BCUT2D eigenvalue weighted by molar-refractivity contribution is 7.13. The van der Waals surface area contributed by atoms with Crippen molar-refractivity contribution in [1.29, 1.82) is 0 Å². The molecule has 0 atom stereocenters. The number of nitrogens with zero attached hydrogens (tertiary/aromatic N) is 2. The van der Waals surface area contributed by atoms with Crippen LogP contribution < -0.4 is 10.1 Å². The first-order valence-corrected chi connectivity index (χ1v) is 11.4. The third-order valence-electron chi connectivity index (χ3n) is 4.98. The molecule has 0 saturated heterocycles. The number of pyridine rings is 1. The molecule has 0 aliphatic heterocycles. The first-order valence-electron chi connectivity index (χ1n) is 10.5. The molecule has 0 fully saturated rings. The lowest BCUT2D eigenvalue weighted by Gasteiger charge is -2.15. The Morgan fingerprint density at radius 2 is 1.94 bits per heavy atom. The molecule has 0 bridgehead atoms. The molecule has 2 aromatic carbocycles. The van der Waals surface area contributed by atoms with E-state index in [0.29, 0.717) is 11.6 Å². The van der Waals surface area contributed by atoms with Crippen molar-refractivity contribution in [1.82, 2.24) is 9.97 Å². The number of hydrogen-bond donors (Lipinski definition) is 1. The van der Waals surface area contributed by atoms with E-state index in [1.54, 1.807) is 17.5 Å². The normalized spacial score (nSPS) is 10.9. The fraction of sp³-hybridized carbons (Fsp3) is 0.192. The number of aryl methyl sites for hydroxylation is 1. The van der Waals surface area contributed by atoms with Crippen molar-refractivity contribution < 1.29 is 9.53 Å². The molecule has 0 saturated carbocycles. The summed E-state index contributed by atoms with van der Waals surface area (Å²) in [5, 5.41) is 5.79. The van der Waals surface area contributed by atoms with Crippen molar-refractivity contribution in [2.24, 2.45) is 0 Å². The van der Waals surface area contributed by atoms with Gasteiger partial charge in [-0.3, -0.25) is 9.78 Å². The van der Waals surface area contributed by atoms with Crippen molar-refractivity contribution >= 4 is 22.9 Å². The van der Waals surface area contributed by atoms with Crippen LogP contribution in [0.3, 0.4) is 0 Å². The molecular weight excluding hydrogens is 418 g/mol. The summed E-state index contributed by atoms with van der Waals surface area (Å²) in [6, 6.07) is 19.5. The third kappa shape index (κ3) is 5.21. The van der Waals surface area contributed by atoms with Crippen LogP contribution in [0.2, 0.25) is 0 Å². The van der Waals surface area contributed by atoms with Gasteiger partial charge in [0, 0.05) is 22.8 Å². The van der Waals surface area contributed by atoms with Gasteiger partial charge in [0.15, 0.2) is 6.61 Å². The molecule has 4 aromatic rings. The number of anilines is 1. The van der Waals surface area contributed by atoms with Gasteiger partial charge in [0.1, 0.15) is 10.8 Å². The number of hydrogen-bond acceptors (Lipinski definition) is 5. The zero-order chi connectivity index (χ0) is 22.5. The monoisotopic (exact) mass is 443 g/mol. The minimum atomic E-state index is -0.203. The molecule has 6 heteroatoms. The minimum Gasteiger partial charge on any atom is -0.483 e. The first-order chi connectivity index (χ1) is 15.5. The molecule has 0 aliphatic carbocycles. The maximum Gasteiger partial charge on any atom is 0.262 e. The van der Waals surface area contributed by atoms with Crippen LogP contribution in [0, 0.1) is 6.92 Å². The smallest absolute Gasteiger partial charge is 0.262 e. The van der Waals surface area contributed by atoms with Gasteiger partial charge < -0.3 is 10.1 Å². The Hall–Kier alpha value is -3.51. The zero-order valence-corrected chi connectivity index (χ0v) is 19.1. The number of carbonyl (C=O) groups excluding carboxylic acids is 1. The minimum absolute atomic E-state index is 0.0477. The van der Waals surface area contributed by atoms with Gasteiger partial charge in [-0.15, -0.1) is 11.3 Å². The van der Waals surface area contributed by atoms with Gasteiger partial charge in [-0.25, -0.2) is 4.98 Å². The number of benzene rings is 2. The number of ether oxygens (including phenoxy) is 1. The molecule has 0 radical (unpaired) electrons. The predicted octanol–water partition coefficient (Wildman–Crippen LogP) is 6.32. The predicted molar refractivity (Wildman–Crippen MR) is 130 cm³/mol. The maximum atomic E-state index is 12.5. The number of rotatable bonds is 7. The molecule has 1 N–H and O–H groups in total. The van der Waals surface area contributed by atoms with Gasteiger partial charge in [0.05, 0.1) is 11.4 Å². The van der Waals surface area contributed by atoms with E-state index in [1.807, 2.05) is 60.8 Å². The van der Waals surface area contributed by atoms with E-state index in [-0.39, 0.29) is 12.5 Å². The standard InChI is InChI=1S/C26H25N3O2S/c1-17(2)21-11-10-18(3)13-24(21)31-15-25(30)28-20-8-6-7-19(14-20)23-16-32-26(29-23)22-9-4-5-12-27-22/h4-14,16-17H,15H2,1-3H3,(H,28,30). The molecule has 1 amide bonds. The fourth-order valence-corrected chi connectivity index (χ4v) is 4.16. The number of aromatic nitrogens is 2. The molecule has 162 valence electrons. The summed E-state index contributed by atoms with van der Waals surface area (Å²) in [5.74, 6) is 0.874. The van der Waals surface area contributed by atoms with E-state index in [4.69, 9.17) is 9.72 Å². The van der Waals surface area contributed by atoms with Crippen molar-refractivity contribution in [2.75, 3.05) is 11.9 Å². The maximum absolute atomic E-state index is 12.5. The van der Waals surface area contributed by atoms with Crippen LogP contribution in [0.15, 0.2) is 72.2 Å². The molecule has 2 aromatic heterocycles. The summed E-state index contributed by atoms with van der Waals surface area (Å²) in [4.78, 5) is 21.6. The van der Waals surface area contributed by atoms with E-state index >= 15 is 0 Å². The van der Waals surface area contributed by atoms with Gasteiger partial charge in [0.25, 0.3) is 5.91 Å². The summed E-state index contributed by atoms with van der Waals surface area (Å²) in [7, 11) is 0. The summed E-state index contributed by atoms with van der Waals surface area (Å²) >= 11 is 1.55. The number of carbonyl (C=O) groups is 1. The molecule has 0 aliphatic rings. The van der Waals surface area contributed by atoms with E-state index < -0.39 is 0 Å². The van der Waals surface area contributed by atoms with Crippen LogP contribution in [0.1, 0.15) is 30.9 Å². The van der Waals surface area contributed by atoms with Gasteiger partial charge in [-0.1, -0.05) is 44.2 Å². The lowest BCUT2D eigenvalue weighted by molar-refractivity contribution is -0.118. The van der Waals surface area contributed by atoms with Crippen molar-refractivity contribution in [2.45, 2.75) is 26.7 Å². The second-order valence-electron chi connectivity index (χ2n) is 7.87. The SMILES string of the molecule is Cc1ccc(C(C)C)c(OCC(=O)Nc2cccc(-c3csc(-c4ccccn4)n3)c2)c1. The van der Waals surface area contributed by atoms with Crippen molar-refractivity contribution in [3.63, 3.8) is 0 Å². The fourth-order valence-electron chi connectivity index (χ4n) is 3.35. The molecule has 0 spiro atoms. The highest BCUT2D eigenvalue weighted by Crippen LogP contribution is 2.29. The number of amides is 1. The summed E-state index contributed by atoms with van der Waals surface area (Å²) < 4.78 is 5.85. The summed E-state index contributed by atoms with van der Waals surface area (Å²) in [6.45, 7) is 6.19. The van der Waals surface area contributed by atoms with E-state index in [9.17, 15) is 4.79 Å². The molecule has 4 rings (SSSR count). The van der Waals surface area contributed by atoms with Crippen LogP contribution in [-0.4, -0.2) is 22.5 Å². The third-order valence-corrected chi connectivity index (χ3v) is 5.84. The Kier molecular flexibility index (Phi) is 6.61. The number of nitrogens with one attached hydrogen (secondary N) is 1. The average molecular weight is 444 g/mol. The van der Waals surface area contributed by atoms with Crippen LogP contribution in [0.5, 0.6) is 5.75 Å². The van der Waals surface area contributed by atoms with Crippen LogP contribution in [0.4, 0.5) is 5.69 Å². The number of thiazole rings is 1. The van der Waals surface area contributed by atoms with Gasteiger partial charge in [0.2, 0.25) is 0 Å². The van der Waals surface area contributed by atoms with Crippen LogP contribution in [-0.2, 0) is 4.79 Å².